The highest BCUT2D eigenvalue weighted by atomic mass is 32.1. The van der Waals surface area contributed by atoms with Gasteiger partial charge in [0.1, 0.15) is 11.6 Å². The Bertz CT molecular complexity index is 578. The van der Waals surface area contributed by atoms with Crippen molar-refractivity contribution in [1.82, 2.24) is 5.32 Å². The monoisotopic (exact) mass is 281 g/mol. The fourth-order valence-electron chi connectivity index (χ4n) is 2.20. The lowest BCUT2D eigenvalue weighted by atomic mass is 9.99. The van der Waals surface area contributed by atoms with E-state index in [1.807, 2.05) is 11.4 Å². The van der Waals surface area contributed by atoms with Gasteiger partial charge in [-0.2, -0.15) is 0 Å². The smallest absolute Gasteiger partial charge is 0.128 e. The van der Waals surface area contributed by atoms with Gasteiger partial charge in [-0.1, -0.05) is 6.92 Å². The lowest BCUT2D eigenvalue weighted by Crippen LogP contribution is -2.19. The van der Waals surface area contributed by atoms with E-state index in [4.69, 9.17) is 0 Å². The molecule has 0 bridgehead atoms. The molecular formula is C15H17F2NS. The molecule has 1 aromatic carbocycles. The summed E-state index contributed by atoms with van der Waals surface area (Å²) in [6.45, 7) is 3.63. The maximum atomic E-state index is 14.1. The predicted octanol–water partition coefficient (Wildman–Crippen LogP) is 4.21. The molecule has 0 radical (unpaired) electrons. The first kappa shape index (κ1) is 14.2. The van der Waals surface area contributed by atoms with Crippen LogP contribution in [0.15, 0.2) is 23.6 Å². The summed E-state index contributed by atoms with van der Waals surface area (Å²) in [6, 6.07) is 4.29. The summed E-state index contributed by atoms with van der Waals surface area (Å²) in [7, 11) is 1.76. The van der Waals surface area contributed by atoms with E-state index < -0.39 is 0 Å². The molecule has 0 saturated heterocycles. The van der Waals surface area contributed by atoms with E-state index in [-0.39, 0.29) is 17.7 Å². The highest BCUT2D eigenvalue weighted by Gasteiger charge is 2.21. The molecule has 2 aromatic rings. The van der Waals surface area contributed by atoms with Gasteiger partial charge in [0.15, 0.2) is 0 Å². The Kier molecular flexibility index (Phi) is 4.32. The molecule has 1 nitrogen and oxygen atoms in total. The minimum atomic E-state index is -0.369. The zero-order chi connectivity index (χ0) is 14.0. The van der Waals surface area contributed by atoms with Crippen molar-refractivity contribution >= 4 is 11.3 Å². The van der Waals surface area contributed by atoms with Crippen LogP contribution >= 0.6 is 11.3 Å². The lowest BCUT2D eigenvalue weighted by Gasteiger charge is -2.18. The van der Waals surface area contributed by atoms with Crippen molar-refractivity contribution in [3.63, 3.8) is 0 Å². The summed E-state index contributed by atoms with van der Waals surface area (Å²) >= 11 is 1.57. The Labute approximate surface area is 116 Å². The van der Waals surface area contributed by atoms with Crippen molar-refractivity contribution < 1.29 is 8.78 Å². The third-order valence-electron chi connectivity index (χ3n) is 3.30. The topological polar surface area (TPSA) is 12.0 Å². The molecule has 0 spiro atoms. The number of halogens is 2. The Morgan fingerprint density at radius 2 is 2.00 bits per heavy atom. The van der Waals surface area contributed by atoms with E-state index in [1.54, 1.807) is 25.3 Å². The molecule has 1 atom stereocenters. The largest absolute Gasteiger partial charge is 0.309 e. The summed E-state index contributed by atoms with van der Waals surface area (Å²) in [6.07, 6.45) is 0.882. The second-order valence-corrected chi connectivity index (χ2v) is 5.46. The number of aryl methyl sites for hydroxylation is 2. The Hall–Kier alpha value is -1.26. The van der Waals surface area contributed by atoms with E-state index in [0.29, 0.717) is 11.1 Å². The fraction of sp³-hybridized carbons (Fsp3) is 0.333. The summed E-state index contributed by atoms with van der Waals surface area (Å²) in [5, 5.41) is 5.07. The summed E-state index contributed by atoms with van der Waals surface area (Å²) in [4.78, 5) is 1.05. The van der Waals surface area contributed by atoms with Gasteiger partial charge in [-0.15, -0.1) is 11.3 Å². The molecule has 1 heterocycles. The molecule has 0 aliphatic carbocycles. The molecule has 1 N–H and O–H groups in total. The Morgan fingerprint density at radius 3 is 2.63 bits per heavy atom. The highest BCUT2D eigenvalue weighted by Crippen LogP contribution is 2.32. The minimum Gasteiger partial charge on any atom is -0.309 e. The van der Waals surface area contributed by atoms with Gasteiger partial charge in [-0.05, 0) is 55.1 Å². The second kappa shape index (κ2) is 5.80. The molecule has 102 valence electrons. The van der Waals surface area contributed by atoms with Crippen LogP contribution in [0.1, 0.15) is 34.5 Å². The molecule has 19 heavy (non-hydrogen) atoms. The van der Waals surface area contributed by atoms with Crippen molar-refractivity contribution in [2.75, 3.05) is 7.05 Å². The fourth-order valence-corrected chi connectivity index (χ4v) is 3.33. The number of benzene rings is 1. The Balaban J connectivity index is 2.51. The van der Waals surface area contributed by atoms with Gasteiger partial charge in [0, 0.05) is 10.4 Å². The highest BCUT2D eigenvalue weighted by molar-refractivity contribution is 7.10. The molecule has 2 rings (SSSR count). The quantitative estimate of drug-likeness (QED) is 0.885. The maximum absolute atomic E-state index is 14.1. The van der Waals surface area contributed by atoms with Crippen LogP contribution in [0, 0.1) is 18.6 Å². The van der Waals surface area contributed by atoms with E-state index in [9.17, 15) is 8.78 Å². The molecule has 0 saturated carbocycles. The van der Waals surface area contributed by atoms with Crippen molar-refractivity contribution in [2.45, 2.75) is 26.3 Å². The molecular weight excluding hydrogens is 264 g/mol. The van der Waals surface area contributed by atoms with Crippen LogP contribution in [-0.2, 0) is 6.42 Å². The van der Waals surface area contributed by atoms with Gasteiger partial charge < -0.3 is 5.32 Å². The van der Waals surface area contributed by atoms with Crippen molar-refractivity contribution in [1.29, 1.82) is 0 Å². The summed E-state index contributed by atoms with van der Waals surface area (Å²) in [5.41, 5.74) is 1.87. The first-order chi connectivity index (χ1) is 9.08. The molecule has 0 amide bonds. The predicted molar refractivity (Wildman–Crippen MR) is 75.7 cm³/mol. The van der Waals surface area contributed by atoms with Gasteiger partial charge in [0.2, 0.25) is 0 Å². The third-order valence-corrected chi connectivity index (χ3v) is 4.33. The molecule has 1 unspecified atom stereocenters. The normalized spacial score (nSPS) is 12.7. The number of nitrogens with one attached hydrogen (secondary N) is 1. The maximum Gasteiger partial charge on any atom is 0.128 e. The van der Waals surface area contributed by atoms with Crippen LogP contribution in [0.3, 0.4) is 0 Å². The van der Waals surface area contributed by atoms with E-state index in [2.05, 4.69) is 12.2 Å². The number of hydrogen-bond acceptors (Lipinski definition) is 2. The van der Waals surface area contributed by atoms with Crippen LogP contribution in [0.25, 0.3) is 0 Å². The van der Waals surface area contributed by atoms with Gasteiger partial charge in [-0.25, -0.2) is 8.78 Å². The van der Waals surface area contributed by atoms with E-state index in [0.717, 1.165) is 11.3 Å². The van der Waals surface area contributed by atoms with Gasteiger partial charge in [0.25, 0.3) is 0 Å². The molecule has 0 aliphatic rings. The molecule has 4 heteroatoms. The van der Waals surface area contributed by atoms with Crippen LogP contribution in [0.4, 0.5) is 8.78 Å². The first-order valence-corrected chi connectivity index (χ1v) is 7.15. The minimum absolute atomic E-state index is 0.301. The average Bonchev–Trinajstić information content (AvgIpc) is 2.84. The number of hydrogen-bond donors (Lipinski definition) is 1. The van der Waals surface area contributed by atoms with E-state index >= 15 is 0 Å². The van der Waals surface area contributed by atoms with Crippen LogP contribution in [-0.4, -0.2) is 7.05 Å². The summed E-state index contributed by atoms with van der Waals surface area (Å²) in [5.74, 6) is -0.736. The first-order valence-electron chi connectivity index (χ1n) is 6.27. The SMILES string of the molecule is CCc1ccsc1C(NC)c1cc(F)c(C)cc1F. The standard InChI is InChI=1S/C15H17F2NS/c1-4-10-5-6-19-15(10)14(18-3)11-8-12(16)9(2)7-13(11)17/h5-8,14,18H,4H2,1-3H3. The van der Waals surface area contributed by atoms with Crippen LogP contribution in [0.5, 0.6) is 0 Å². The van der Waals surface area contributed by atoms with Gasteiger partial charge in [0.05, 0.1) is 6.04 Å². The molecule has 1 aromatic heterocycles. The number of thiophene rings is 1. The van der Waals surface area contributed by atoms with Gasteiger partial charge >= 0.3 is 0 Å². The molecule has 0 aliphatic heterocycles. The lowest BCUT2D eigenvalue weighted by molar-refractivity contribution is 0.555. The second-order valence-electron chi connectivity index (χ2n) is 4.51. The zero-order valence-corrected chi connectivity index (χ0v) is 12.1. The summed E-state index contributed by atoms with van der Waals surface area (Å²) < 4.78 is 27.8. The van der Waals surface area contributed by atoms with Crippen LogP contribution in [0.2, 0.25) is 0 Å². The zero-order valence-electron chi connectivity index (χ0n) is 11.3. The van der Waals surface area contributed by atoms with Crippen molar-refractivity contribution in [2.24, 2.45) is 0 Å². The number of rotatable bonds is 4. The van der Waals surface area contributed by atoms with Crippen molar-refractivity contribution in [3.05, 3.63) is 56.8 Å². The van der Waals surface area contributed by atoms with Crippen LogP contribution < -0.4 is 5.32 Å². The van der Waals surface area contributed by atoms with E-state index in [1.165, 1.54) is 17.7 Å². The Morgan fingerprint density at radius 1 is 1.26 bits per heavy atom. The third kappa shape index (κ3) is 2.69. The van der Waals surface area contributed by atoms with Gasteiger partial charge in [-0.3, -0.25) is 0 Å². The van der Waals surface area contributed by atoms with Crippen molar-refractivity contribution in [3.8, 4) is 0 Å². The average molecular weight is 281 g/mol. The molecule has 0 fully saturated rings.